The number of rotatable bonds is 6. The monoisotopic (exact) mass is 304 g/mol. The lowest BCUT2D eigenvalue weighted by Gasteiger charge is -2.08. The fraction of sp³-hybridized carbons (Fsp3) is 0.538. The first kappa shape index (κ1) is 16.4. The highest BCUT2D eigenvalue weighted by molar-refractivity contribution is 7.89. The van der Waals surface area contributed by atoms with Gasteiger partial charge in [-0.3, -0.25) is 0 Å². The summed E-state index contributed by atoms with van der Waals surface area (Å²) in [7, 11) is -3.35. The van der Waals surface area contributed by atoms with Crippen LogP contribution in [0.25, 0.3) is 0 Å². The van der Waals surface area contributed by atoms with Crippen LogP contribution in [0.5, 0.6) is 0 Å². The standard InChI is InChI=1S/C13H20N2O2S.ClH/c14-8-1-2-9-15-18(16,17)13-7-6-11-4-3-5-12(11)10-13;/h6-7,10,15H,1-5,8-9,14H2;1H. The van der Waals surface area contributed by atoms with E-state index in [2.05, 4.69) is 4.72 Å². The molecule has 1 aromatic rings. The number of fused-ring (bicyclic) bond motifs is 1. The minimum absolute atomic E-state index is 0. The Morgan fingerprint density at radius 2 is 1.89 bits per heavy atom. The number of unbranched alkanes of at least 4 members (excludes halogenated alkanes) is 1. The highest BCUT2D eigenvalue weighted by Gasteiger charge is 2.17. The molecule has 6 heteroatoms. The quantitative estimate of drug-likeness (QED) is 0.784. The number of sulfonamides is 1. The van der Waals surface area contributed by atoms with Gasteiger partial charge in [-0.15, -0.1) is 12.4 Å². The molecule has 0 heterocycles. The predicted molar refractivity (Wildman–Crippen MR) is 79.2 cm³/mol. The molecule has 0 radical (unpaired) electrons. The molecule has 19 heavy (non-hydrogen) atoms. The van der Waals surface area contributed by atoms with E-state index in [1.807, 2.05) is 12.1 Å². The fourth-order valence-corrected chi connectivity index (χ4v) is 3.40. The molecule has 0 aromatic heterocycles. The molecule has 3 N–H and O–H groups in total. The Bertz CT molecular complexity index is 517. The molecule has 0 bridgehead atoms. The summed E-state index contributed by atoms with van der Waals surface area (Å²) in [6.07, 6.45) is 4.81. The van der Waals surface area contributed by atoms with Crippen LogP contribution in [0.3, 0.4) is 0 Å². The van der Waals surface area contributed by atoms with Gasteiger partial charge in [0.15, 0.2) is 0 Å². The zero-order chi connectivity index (χ0) is 13.0. The van der Waals surface area contributed by atoms with Crippen molar-refractivity contribution in [2.45, 2.75) is 37.0 Å². The van der Waals surface area contributed by atoms with Crippen LogP contribution in [0.15, 0.2) is 23.1 Å². The van der Waals surface area contributed by atoms with Crippen LogP contribution in [-0.2, 0) is 22.9 Å². The van der Waals surface area contributed by atoms with E-state index in [1.165, 1.54) is 11.1 Å². The third kappa shape index (κ3) is 4.18. The molecule has 0 atom stereocenters. The Hall–Kier alpha value is -0.620. The van der Waals surface area contributed by atoms with Crippen LogP contribution in [-0.4, -0.2) is 21.5 Å². The number of benzene rings is 1. The minimum atomic E-state index is -3.35. The Kier molecular flexibility index (Phi) is 6.26. The number of hydrogen-bond donors (Lipinski definition) is 2. The highest BCUT2D eigenvalue weighted by atomic mass is 35.5. The Morgan fingerprint density at radius 3 is 2.63 bits per heavy atom. The molecule has 108 valence electrons. The summed E-state index contributed by atoms with van der Waals surface area (Å²) in [6.45, 7) is 1.05. The molecule has 0 fully saturated rings. The van der Waals surface area contributed by atoms with Gasteiger partial charge in [0.2, 0.25) is 10.0 Å². The van der Waals surface area contributed by atoms with E-state index in [1.54, 1.807) is 6.07 Å². The van der Waals surface area contributed by atoms with E-state index in [0.717, 1.165) is 32.1 Å². The third-order valence-electron chi connectivity index (χ3n) is 3.30. The van der Waals surface area contributed by atoms with Gasteiger partial charge in [0, 0.05) is 6.54 Å². The second kappa shape index (κ2) is 7.24. The summed E-state index contributed by atoms with van der Waals surface area (Å²) < 4.78 is 26.7. The maximum Gasteiger partial charge on any atom is 0.240 e. The SMILES string of the molecule is Cl.NCCCCNS(=O)(=O)c1ccc2c(c1)CCC2. The topological polar surface area (TPSA) is 72.2 Å². The van der Waals surface area contributed by atoms with Gasteiger partial charge in [-0.05, 0) is 61.9 Å². The molecule has 4 nitrogen and oxygen atoms in total. The molecular formula is C13H21ClN2O2S. The summed E-state index contributed by atoms with van der Waals surface area (Å²) in [4.78, 5) is 0.385. The van der Waals surface area contributed by atoms with Gasteiger partial charge < -0.3 is 5.73 Å². The van der Waals surface area contributed by atoms with E-state index in [0.29, 0.717) is 18.0 Å². The van der Waals surface area contributed by atoms with Crippen molar-refractivity contribution in [3.05, 3.63) is 29.3 Å². The van der Waals surface area contributed by atoms with Crippen molar-refractivity contribution >= 4 is 22.4 Å². The van der Waals surface area contributed by atoms with E-state index in [4.69, 9.17) is 5.73 Å². The molecule has 1 aliphatic rings. The molecule has 0 unspecified atom stereocenters. The van der Waals surface area contributed by atoms with Crippen LogP contribution < -0.4 is 10.5 Å². The van der Waals surface area contributed by atoms with Crippen molar-refractivity contribution in [2.24, 2.45) is 5.73 Å². The van der Waals surface area contributed by atoms with Crippen molar-refractivity contribution in [3.8, 4) is 0 Å². The van der Waals surface area contributed by atoms with Gasteiger partial charge in [0.25, 0.3) is 0 Å². The second-order valence-electron chi connectivity index (χ2n) is 4.68. The van der Waals surface area contributed by atoms with Crippen LogP contribution >= 0.6 is 12.4 Å². The average molecular weight is 305 g/mol. The van der Waals surface area contributed by atoms with Crippen molar-refractivity contribution in [1.29, 1.82) is 0 Å². The Labute approximate surface area is 121 Å². The zero-order valence-electron chi connectivity index (χ0n) is 10.9. The number of hydrogen-bond acceptors (Lipinski definition) is 3. The lowest BCUT2D eigenvalue weighted by Crippen LogP contribution is -2.25. The molecule has 0 amide bonds. The molecule has 2 rings (SSSR count). The van der Waals surface area contributed by atoms with Gasteiger partial charge in [0.05, 0.1) is 4.90 Å². The summed E-state index contributed by atoms with van der Waals surface area (Å²) in [5.74, 6) is 0. The summed E-state index contributed by atoms with van der Waals surface area (Å²) in [5, 5.41) is 0. The van der Waals surface area contributed by atoms with E-state index in [-0.39, 0.29) is 12.4 Å². The maximum absolute atomic E-state index is 12.1. The maximum atomic E-state index is 12.1. The molecule has 1 aromatic carbocycles. The first-order chi connectivity index (χ1) is 8.63. The lowest BCUT2D eigenvalue weighted by molar-refractivity contribution is 0.577. The van der Waals surface area contributed by atoms with E-state index < -0.39 is 10.0 Å². The third-order valence-corrected chi connectivity index (χ3v) is 4.76. The highest BCUT2D eigenvalue weighted by Crippen LogP contribution is 2.24. The second-order valence-corrected chi connectivity index (χ2v) is 6.44. The largest absolute Gasteiger partial charge is 0.330 e. The number of halogens is 1. The number of nitrogens with one attached hydrogen (secondary N) is 1. The van der Waals surface area contributed by atoms with Crippen LogP contribution in [0.2, 0.25) is 0 Å². The smallest absolute Gasteiger partial charge is 0.240 e. The van der Waals surface area contributed by atoms with Crippen LogP contribution in [0.4, 0.5) is 0 Å². The molecule has 0 saturated heterocycles. The number of nitrogens with two attached hydrogens (primary N) is 1. The molecule has 0 spiro atoms. The molecule has 1 aliphatic carbocycles. The first-order valence-electron chi connectivity index (χ1n) is 6.45. The van der Waals surface area contributed by atoms with Crippen LogP contribution in [0, 0.1) is 0 Å². The van der Waals surface area contributed by atoms with E-state index in [9.17, 15) is 8.42 Å². The van der Waals surface area contributed by atoms with Crippen molar-refractivity contribution < 1.29 is 8.42 Å². The zero-order valence-corrected chi connectivity index (χ0v) is 12.5. The van der Waals surface area contributed by atoms with Crippen molar-refractivity contribution in [2.75, 3.05) is 13.1 Å². The lowest BCUT2D eigenvalue weighted by atomic mass is 10.1. The van der Waals surface area contributed by atoms with Gasteiger partial charge in [-0.25, -0.2) is 13.1 Å². The van der Waals surface area contributed by atoms with Gasteiger partial charge >= 0.3 is 0 Å². The van der Waals surface area contributed by atoms with Crippen molar-refractivity contribution in [1.82, 2.24) is 4.72 Å². The van der Waals surface area contributed by atoms with Crippen molar-refractivity contribution in [3.63, 3.8) is 0 Å². The molecule has 0 aliphatic heterocycles. The first-order valence-corrected chi connectivity index (χ1v) is 7.93. The summed E-state index contributed by atoms with van der Waals surface area (Å²) >= 11 is 0. The molecular weight excluding hydrogens is 284 g/mol. The minimum Gasteiger partial charge on any atom is -0.330 e. The average Bonchev–Trinajstić information content (AvgIpc) is 2.82. The predicted octanol–water partition coefficient (Wildman–Crippen LogP) is 1.61. The normalized spacial score (nSPS) is 13.9. The van der Waals surface area contributed by atoms with Gasteiger partial charge in [0.1, 0.15) is 0 Å². The Morgan fingerprint density at radius 1 is 1.16 bits per heavy atom. The summed E-state index contributed by atoms with van der Waals surface area (Å²) in [6, 6.07) is 5.46. The van der Waals surface area contributed by atoms with E-state index >= 15 is 0 Å². The Balaban J connectivity index is 0.00000180. The van der Waals surface area contributed by atoms with Gasteiger partial charge in [-0.1, -0.05) is 6.07 Å². The van der Waals surface area contributed by atoms with Crippen LogP contribution in [0.1, 0.15) is 30.4 Å². The number of aryl methyl sites for hydroxylation is 2. The van der Waals surface area contributed by atoms with Gasteiger partial charge in [-0.2, -0.15) is 0 Å². The fourth-order valence-electron chi connectivity index (χ4n) is 2.27. The molecule has 0 saturated carbocycles. The summed E-state index contributed by atoms with van der Waals surface area (Å²) in [5.41, 5.74) is 7.84.